The molecule has 1 saturated heterocycles. The molecule has 4 rings (SSSR count). The number of carbonyl (C=O) groups is 1. The average molecular weight is 421 g/mol. The molecule has 6 heteroatoms. The van der Waals surface area contributed by atoms with Crippen LogP contribution in [0.2, 0.25) is 0 Å². The largest absolute Gasteiger partial charge is 0.493 e. The van der Waals surface area contributed by atoms with E-state index in [1.807, 2.05) is 23.1 Å². The number of guanidine groups is 1. The van der Waals surface area contributed by atoms with Gasteiger partial charge in [0, 0.05) is 45.2 Å². The van der Waals surface area contributed by atoms with Crippen molar-refractivity contribution in [2.75, 3.05) is 20.2 Å². The molecule has 1 saturated carbocycles. The van der Waals surface area contributed by atoms with E-state index in [4.69, 9.17) is 4.74 Å². The first-order valence-corrected chi connectivity index (χ1v) is 11.2. The molecular weight excluding hydrogens is 388 g/mol. The lowest BCUT2D eigenvalue weighted by Gasteiger charge is -2.17. The first-order valence-electron chi connectivity index (χ1n) is 11.2. The minimum absolute atomic E-state index is 0.259. The van der Waals surface area contributed by atoms with Crippen molar-refractivity contribution in [1.29, 1.82) is 0 Å². The molecule has 6 nitrogen and oxygen atoms in total. The number of para-hydroxylation sites is 1. The standard InChI is InChI=1S/C25H32N4O2/c1-26-25(28-16-22-8-2-3-9-23(22)31-18-19-11-12-19)27-15-20-6-4-7-21(14-20)17-29-13-5-10-24(29)30/h2-4,6-9,14,19H,5,10-13,15-18H2,1H3,(H2,26,27,28). The van der Waals surface area contributed by atoms with Crippen molar-refractivity contribution in [2.24, 2.45) is 10.9 Å². The van der Waals surface area contributed by atoms with Gasteiger partial charge in [-0.25, -0.2) is 0 Å². The Morgan fingerprint density at radius 3 is 2.68 bits per heavy atom. The van der Waals surface area contributed by atoms with Crippen LogP contribution >= 0.6 is 0 Å². The van der Waals surface area contributed by atoms with E-state index >= 15 is 0 Å². The number of likely N-dealkylation sites (tertiary alicyclic amines) is 1. The molecule has 0 unspecified atom stereocenters. The Morgan fingerprint density at radius 1 is 1.10 bits per heavy atom. The number of hydrogen-bond donors (Lipinski definition) is 2. The number of benzene rings is 2. The fraction of sp³-hybridized carbons (Fsp3) is 0.440. The minimum atomic E-state index is 0.259. The van der Waals surface area contributed by atoms with Crippen molar-refractivity contribution in [2.45, 2.75) is 45.3 Å². The molecule has 164 valence electrons. The van der Waals surface area contributed by atoms with Gasteiger partial charge in [-0.15, -0.1) is 0 Å². The first kappa shape index (κ1) is 21.2. The Labute approximate surface area is 184 Å². The third-order valence-corrected chi connectivity index (χ3v) is 5.81. The van der Waals surface area contributed by atoms with E-state index in [0.29, 0.717) is 26.1 Å². The van der Waals surface area contributed by atoms with Crippen molar-refractivity contribution in [3.05, 3.63) is 65.2 Å². The number of carbonyl (C=O) groups excluding carboxylic acids is 1. The van der Waals surface area contributed by atoms with E-state index in [0.717, 1.165) is 42.8 Å². The number of nitrogens with zero attached hydrogens (tertiary/aromatic N) is 2. The Kier molecular flexibility index (Phi) is 7.07. The molecular formula is C25H32N4O2. The van der Waals surface area contributed by atoms with Crippen molar-refractivity contribution < 1.29 is 9.53 Å². The van der Waals surface area contributed by atoms with Crippen LogP contribution < -0.4 is 15.4 Å². The van der Waals surface area contributed by atoms with Gasteiger partial charge < -0.3 is 20.3 Å². The molecule has 0 aromatic heterocycles. The third-order valence-electron chi connectivity index (χ3n) is 5.81. The van der Waals surface area contributed by atoms with Crippen LogP contribution in [0.5, 0.6) is 5.75 Å². The first-order chi connectivity index (χ1) is 15.2. The highest BCUT2D eigenvalue weighted by Gasteiger charge is 2.22. The quantitative estimate of drug-likeness (QED) is 0.482. The fourth-order valence-corrected chi connectivity index (χ4v) is 3.80. The van der Waals surface area contributed by atoms with Gasteiger partial charge in [-0.3, -0.25) is 9.79 Å². The summed E-state index contributed by atoms with van der Waals surface area (Å²) in [6.45, 7) is 3.68. The highest BCUT2D eigenvalue weighted by atomic mass is 16.5. The van der Waals surface area contributed by atoms with Crippen molar-refractivity contribution in [3.63, 3.8) is 0 Å². The molecule has 2 aromatic carbocycles. The number of hydrogen-bond acceptors (Lipinski definition) is 3. The number of aliphatic imine (C=N–C) groups is 1. The highest BCUT2D eigenvalue weighted by Crippen LogP contribution is 2.30. The van der Waals surface area contributed by atoms with Crippen LogP contribution in [0.25, 0.3) is 0 Å². The molecule has 1 aliphatic carbocycles. The Morgan fingerprint density at radius 2 is 1.90 bits per heavy atom. The van der Waals surface area contributed by atoms with Gasteiger partial charge in [-0.2, -0.15) is 0 Å². The summed E-state index contributed by atoms with van der Waals surface area (Å²) in [5, 5.41) is 6.77. The zero-order valence-corrected chi connectivity index (χ0v) is 18.3. The maximum absolute atomic E-state index is 11.9. The van der Waals surface area contributed by atoms with Crippen molar-refractivity contribution >= 4 is 11.9 Å². The van der Waals surface area contributed by atoms with Crippen LogP contribution in [0.4, 0.5) is 0 Å². The van der Waals surface area contributed by atoms with Crippen LogP contribution in [-0.2, 0) is 24.4 Å². The van der Waals surface area contributed by atoms with Gasteiger partial charge in [-0.1, -0.05) is 42.5 Å². The Hall–Kier alpha value is -3.02. The molecule has 1 amide bonds. The summed E-state index contributed by atoms with van der Waals surface area (Å²) in [6, 6.07) is 16.6. The van der Waals surface area contributed by atoms with E-state index in [2.05, 4.69) is 46.0 Å². The molecule has 31 heavy (non-hydrogen) atoms. The Bertz CT molecular complexity index is 923. The predicted molar refractivity (Wildman–Crippen MR) is 123 cm³/mol. The van der Waals surface area contributed by atoms with Crippen LogP contribution in [0, 0.1) is 5.92 Å². The highest BCUT2D eigenvalue weighted by molar-refractivity contribution is 5.79. The maximum atomic E-state index is 11.9. The van der Waals surface area contributed by atoms with Gasteiger partial charge in [0.1, 0.15) is 5.75 Å². The second-order valence-electron chi connectivity index (χ2n) is 8.38. The Balaban J connectivity index is 1.28. The SMILES string of the molecule is CN=C(NCc1cccc(CN2CCCC2=O)c1)NCc1ccccc1OCC1CC1. The van der Waals surface area contributed by atoms with E-state index in [1.165, 1.54) is 24.0 Å². The summed E-state index contributed by atoms with van der Waals surface area (Å²) in [5.41, 5.74) is 3.46. The van der Waals surface area contributed by atoms with E-state index in [1.54, 1.807) is 7.05 Å². The summed E-state index contributed by atoms with van der Waals surface area (Å²) < 4.78 is 6.00. The molecule has 0 radical (unpaired) electrons. The topological polar surface area (TPSA) is 66.0 Å². The molecule has 2 N–H and O–H groups in total. The van der Waals surface area contributed by atoms with Gasteiger partial charge in [0.05, 0.1) is 6.61 Å². The predicted octanol–water partition coefficient (Wildman–Crippen LogP) is 3.46. The van der Waals surface area contributed by atoms with Gasteiger partial charge in [0.25, 0.3) is 0 Å². The van der Waals surface area contributed by atoms with Crippen LogP contribution in [-0.4, -0.2) is 37.0 Å². The maximum Gasteiger partial charge on any atom is 0.222 e. The number of rotatable bonds is 9. The lowest BCUT2D eigenvalue weighted by Crippen LogP contribution is -2.36. The van der Waals surface area contributed by atoms with Crippen molar-refractivity contribution in [3.8, 4) is 5.75 Å². The van der Waals surface area contributed by atoms with Gasteiger partial charge in [0.2, 0.25) is 5.91 Å². The second kappa shape index (κ2) is 10.3. The summed E-state index contributed by atoms with van der Waals surface area (Å²) in [4.78, 5) is 18.2. The number of nitrogens with one attached hydrogen (secondary N) is 2. The molecule has 2 fully saturated rings. The third kappa shape index (κ3) is 6.23. The number of amides is 1. The minimum Gasteiger partial charge on any atom is -0.493 e. The summed E-state index contributed by atoms with van der Waals surface area (Å²) in [7, 11) is 1.78. The molecule has 0 atom stereocenters. The van der Waals surface area contributed by atoms with E-state index in [9.17, 15) is 4.79 Å². The van der Waals surface area contributed by atoms with Gasteiger partial charge in [-0.05, 0) is 42.4 Å². The lowest BCUT2D eigenvalue weighted by molar-refractivity contribution is -0.128. The molecule has 2 aliphatic rings. The summed E-state index contributed by atoms with van der Waals surface area (Å²) in [5.74, 6) is 2.68. The number of ether oxygens (including phenoxy) is 1. The molecule has 1 heterocycles. The molecule has 0 bridgehead atoms. The summed E-state index contributed by atoms with van der Waals surface area (Å²) in [6.07, 6.45) is 4.22. The normalized spacial score (nSPS) is 16.5. The molecule has 2 aromatic rings. The van der Waals surface area contributed by atoms with Crippen LogP contribution in [0.3, 0.4) is 0 Å². The average Bonchev–Trinajstić information content (AvgIpc) is 3.54. The zero-order valence-electron chi connectivity index (χ0n) is 18.3. The molecule has 0 spiro atoms. The monoisotopic (exact) mass is 420 g/mol. The molecule has 1 aliphatic heterocycles. The second-order valence-corrected chi connectivity index (χ2v) is 8.38. The van der Waals surface area contributed by atoms with Crippen LogP contribution in [0.15, 0.2) is 53.5 Å². The van der Waals surface area contributed by atoms with E-state index < -0.39 is 0 Å². The smallest absolute Gasteiger partial charge is 0.222 e. The van der Waals surface area contributed by atoms with Gasteiger partial charge in [0.15, 0.2) is 5.96 Å². The fourth-order valence-electron chi connectivity index (χ4n) is 3.80. The van der Waals surface area contributed by atoms with E-state index in [-0.39, 0.29) is 5.91 Å². The van der Waals surface area contributed by atoms with Crippen molar-refractivity contribution in [1.82, 2.24) is 15.5 Å². The van der Waals surface area contributed by atoms with Gasteiger partial charge >= 0.3 is 0 Å². The zero-order chi connectivity index (χ0) is 21.5. The van der Waals surface area contributed by atoms with Crippen LogP contribution in [0.1, 0.15) is 42.4 Å². The lowest BCUT2D eigenvalue weighted by atomic mass is 10.1. The summed E-state index contributed by atoms with van der Waals surface area (Å²) >= 11 is 0.